The number of carbonyl (C=O) groups is 2. The van der Waals surface area contributed by atoms with E-state index in [0.717, 1.165) is 56.4 Å². The van der Waals surface area contributed by atoms with Gasteiger partial charge in [0.15, 0.2) is 0 Å². The highest BCUT2D eigenvalue weighted by atomic mass is 16.5. The Morgan fingerprint density at radius 1 is 1.33 bits per heavy atom. The molecule has 33 heavy (non-hydrogen) atoms. The molecule has 0 radical (unpaired) electrons. The molecule has 0 atom stereocenters. The Balaban J connectivity index is 1.24. The number of nitrogens with one attached hydrogen (secondary N) is 3. The Kier molecular flexibility index (Phi) is 6.97. The summed E-state index contributed by atoms with van der Waals surface area (Å²) in [6.07, 6.45) is 5.18. The fourth-order valence-corrected chi connectivity index (χ4v) is 4.35. The molecule has 3 heterocycles. The van der Waals surface area contributed by atoms with Crippen molar-refractivity contribution in [3.8, 4) is 0 Å². The molecule has 2 aliphatic rings. The van der Waals surface area contributed by atoms with E-state index in [4.69, 9.17) is 16.0 Å². The maximum absolute atomic E-state index is 12.6. The number of nitrogens with two attached hydrogens (primary N) is 1. The van der Waals surface area contributed by atoms with E-state index in [1.807, 2.05) is 12.1 Å². The molecular weight excluding hydrogens is 422 g/mol. The van der Waals surface area contributed by atoms with Crippen molar-refractivity contribution in [2.75, 3.05) is 24.6 Å². The molecule has 5 N–H and O–H groups in total. The summed E-state index contributed by atoms with van der Waals surface area (Å²) >= 11 is 0. The summed E-state index contributed by atoms with van der Waals surface area (Å²) in [7, 11) is 0. The zero-order valence-electron chi connectivity index (χ0n) is 18.6. The van der Waals surface area contributed by atoms with Crippen LogP contribution in [0.4, 0.5) is 5.82 Å². The second-order valence-electron chi connectivity index (χ2n) is 8.32. The van der Waals surface area contributed by atoms with Crippen LogP contribution in [0.25, 0.3) is 0 Å². The Hall–Kier alpha value is -3.34. The van der Waals surface area contributed by atoms with E-state index in [-0.39, 0.29) is 17.9 Å². The number of fused-ring (bicyclic) bond motifs is 1. The van der Waals surface area contributed by atoms with Gasteiger partial charge in [-0.15, -0.1) is 0 Å². The molecule has 1 saturated heterocycles. The number of hydrogen-bond donors (Lipinski definition) is 4. The summed E-state index contributed by atoms with van der Waals surface area (Å²) in [6.45, 7) is 5.23. The molecule has 0 unspecified atom stereocenters. The van der Waals surface area contributed by atoms with Crippen LogP contribution in [0.1, 0.15) is 50.2 Å². The van der Waals surface area contributed by atoms with Crippen LogP contribution in [-0.2, 0) is 17.8 Å². The lowest BCUT2D eigenvalue weighted by Gasteiger charge is -2.32. The number of cyclic esters (lactones) is 1. The van der Waals surface area contributed by atoms with Gasteiger partial charge in [-0.1, -0.05) is 6.07 Å². The zero-order chi connectivity index (χ0) is 23.4. The van der Waals surface area contributed by atoms with E-state index in [9.17, 15) is 9.59 Å². The van der Waals surface area contributed by atoms with E-state index in [1.165, 1.54) is 16.8 Å². The normalized spacial score (nSPS) is 16.2. The third-order valence-electron chi connectivity index (χ3n) is 6.42. The van der Waals surface area contributed by atoms with E-state index in [1.54, 1.807) is 12.1 Å². The van der Waals surface area contributed by atoms with Gasteiger partial charge in [-0.25, -0.2) is 14.8 Å². The van der Waals surface area contributed by atoms with Crippen molar-refractivity contribution >= 4 is 24.0 Å². The van der Waals surface area contributed by atoms with Crippen molar-refractivity contribution in [3.63, 3.8) is 0 Å². The van der Waals surface area contributed by atoms with Crippen LogP contribution >= 0.6 is 0 Å². The van der Waals surface area contributed by atoms with Crippen LogP contribution in [0.5, 0.6) is 0 Å². The second kappa shape index (κ2) is 10.1. The molecule has 174 valence electrons. The molecule has 2 aliphatic heterocycles. The number of carbonyl (C=O) groups excluding carboxylic acids is 2. The minimum atomic E-state index is -0.226. The Bertz CT molecular complexity index is 1030. The minimum Gasteiger partial charge on any atom is -0.457 e. The lowest BCUT2D eigenvalue weighted by molar-refractivity contribution is 0.0534. The fraction of sp³-hybridized carbons (Fsp3) is 0.391. The molecule has 0 saturated carbocycles. The van der Waals surface area contributed by atoms with Gasteiger partial charge in [0.1, 0.15) is 18.8 Å². The van der Waals surface area contributed by atoms with Gasteiger partial charge in [-0.3, -0.25) is 16.0 Å². The lowest BCUT2D eigenvalue weighted by atomic mass is 9.96. The van der Waals surface area contributed by atoms with Crippen LogP contribution < -0.4 is 21.7 Å². The molecule has 1 amide bonds. The maximum Gasteiger partial charge on any atom is 0.338 e. The number of pyridine rings is 1. The highest BCUT2D eigenvalue weighted by Gasteiger charge is 2.25. The number of likely N-dealkylation sites (tertiary alicyclic amines) is 1. The number of esters is 1. The van der Waals surface area contributed by atoms with Gasteiger partial charge in [-0.05, 0) is 55.5 Å². The third kappa shape index (κ3) is 5.03. The second-order valence-corrected chi connectivity index (χ2v) is 8.32. The van der Waals surface area contributed by atoms with Crippen LogP contribution in [0, 0.1) is 12.3 Å². The Morgan fingerprint density at radius 2 is 2.12 bits per heavy atom. The monoisotopic (exact) mass is 451 g/mol. The molecule has 2 aromatic rings. The quantitative estimate of drug-likeness (QED) is 0.155. The smallest absolute Gasteiger partial charge is 0.338 e. The summed E-state index contributed by atoms with van der Waals surface area (Å²) in [5.74, 6) is 5.37. The molecule has 10 heteroatoms. The van der Waals surface area contributed by atoms with Crippen molar-refractivity contribution in [1.29, 1.82) is 5.41 Å². The predicted octanol–water partition coefficient (Wildman–Crippen LogP) is 1.29. The van der Waals surface area contributed by atoms with Crippen LogP contribution in [0.3, 0.4) is 0 Å². The summed E-state index contributed by atoms with van der Waals surface area (Å²) in [6, 6.07) is 7.34. The van der Waals surface area contributed by atoms with Gasteiger partial charge in [0, 0.05) is 37.4 Å². The molecule has 10 nitrogen and oxygen atoms in total. The van der Waals surface area contributed by atoms with Crippen LogP contribution in [0.2, 0.25) is 0 Å². The van der Waals surface area contributed by atoms with E-state index in [2.05, 4.69) is 27.7 Å². The van der Waals surface area contributed by atoms with Gasteiger partial charge in [-0.2, -0.15) is 5.53 Å². The van der Waals surface area contributed by atoms with Crippen molar-refractivity contribution in [2.24, 2.45) is 5.84 Å². The van der Waals surface area contributed by atoms with Crippen molar-refractivity contribution in [3.05, 3.63) is 58.3 Å². The lowest BCUT2D eigenvalue weighted by Crippen LogP contribution is -2.45. The highest BCUT2D eigenvalue weighted by molar-refractivity contribution is 5.94. The number of aromatic nitrogens is 1. The number of piperidine rings is 1. The predicted molar refractivity (Wildman–Crippen MR) is 124 cm³/mol. The first kappa shape index (κ1) is 22.8. The molecule has 0 spiro atoms. The highest BCUT2D eigenvalue weighted by Crippen LogP contribution is 2.26. The van der Waals surface area contributed by atoms with Crippen molar-refractivity contribution < 1.29 is 14.3 Å². The van der Waals surface area contributed by atoms with E-state index in [0.29, 0.717) is 23.6 Å². The average molecular weight is 452 g/mol. The number of rotatable bonds is 8. The number of nitrogens with zero attached hydrogens (tertiary/aromatic N) is 3. The number of hydrogen-bond acceptors (Lipinski definition) is 8. The number of benzene rings is 1. The van der Waals surface area contributed by atoms with Gasteiger partial charge in [0.05, 0.1) is 11.1 Å². The van der Waals surface area contributed by atoms with Gasteiger partial charge in [0.25, 0.3) is 5.91 Å². The molecular formula is C23H29N7O3. The molecule has 0 aliphatic carbocycles. The number of ether oxygens (including phenoxy) is 1. The maximum atomic E-state index is 12.6. The summed E-state index contributed by atoms with van der Waals surface area (Å²) < 4.78 is 5.15. The van der Waals surface area contributed by atoms with Gasteiger partial charge in [0.2, 0.25) is 0 Å². The third-order valence-corrected chi connectivity index (χ3v) is 6.42. The molecule has 1 aromatic carbocycles. The number of hydrazine groups is 2. The average Bonchev–Trinajstić information content (AvgIpc) is 3.22. The first-order valence-electron chi connectivity index (χ1n) is 11.0. The molecule has 1 aromatic heterocycles. The van der Waals surface area contributed by atoms with E-state index >= 15 is 0 Å². The first-order chi connectivity index (χ1) is 16.0. The Morgan fingerprint density at radius 3 is 2.79 bits per heavy atom. The van der Waals surface area contributed by atoms with E-state index < -0.39 is 0 Å². The molecule has 4 rings (SSSR count). The van der Waals surface area contributed by atoms with Crippen LogP contribution in [0.15, 0.2) is 30.5 Å². The SMILES string of the molecule is Cc1c(CCN2CCC(NC(=O)c3ccc(N(C=N)NN)nc3)CC2)ccc2c1COC2=O. The number of amides is 1. The van der Waals surface area contributed by atoms with Crippen LogP contribution in [-0.4, -0.2) is 53.8 Å². The van der Waals surface area contributed by atoms with Gasteiger partial charge < -0.3 is 15.0 Å². The zero-order valence-corrected chi connectivity index (χ0v) is 18.6. The fourth-order valence-electron chi connectivity index (χ4n) is 4.35. The molecule has 1 fully saturated rings. The number of anilines is 1. The largest absolute Gasteiger partial charge is 0.457 e. The Labute approximate surface area is 192 Å². The summed E-state index contributed by atoms with van der Waals surface area (Å²) in [5.41, 5.74) is 6.92. The molecule has 0 bridgehead atoms. The summed E-state index contributed by atoms with van der Waals surface area (Å²) in [5, 5.41) is 11.6. The minimum absolute atomic E-state index is 0.127. The van der Waals surface area contributed by atoms with Crippen molar-refractivity contribution in [1.82, 2.24) is 20.7 Å². The first-order valence-corrected chi connectivity index (χ1v) is 11.0. The standard InChI is InChI=1S/C23H29N7O3/c1-15-16(2-4-19-20(15)13-33-23(19)32)6-9-29-10-7-18(8-11-29)27-22(31)17-3-5-21(26-12-17)30(14-24)28-25/h2-5,12,14,18,24,28H,6-11,13,25H2,1H3,(H,27,31). The topological polar surface area (TPSA) is 137 Å². The van der Waals surface area contributed by atoms with Gasteiger partial charge >= 0.3 is 5.97 Å². The van der Waals surface area contributed by atoms with Crippen molar-refractivity contribution in [2.45, 2.75) is 38.8 Å². The summed E-state index contributed by atoms with van der Waals surface area (Å²) in [4.78, 5) is 30.9.